The largest absolute Gasteiger partial charge is 0.449 e. The molecule has 0 heterocycles. The van der Waals surface area contributed by atoms with Crippen molar-refractivity contribution in [2.24, 2.45) is 0 Å². The maximum atomic E-state index is 12.8. The first-order chi connectivity index (χ1) is 13.1. The van der Waals surface area contributed by atoms with Gasteiger partial charge in [0, 0.05) is 5.69 Å². The number of para-hydroxylation sites is 1. The molecular formula is C21H22F3NO3. The number of carbonyl (C=O) groups excluding carboxylic acids is 2. The smallest absolute Gasteiger partial charge is 0.416 e. The molecule has 0 saturated heterocycles. The molecule has 2 atom stereocenters. The molecule has 0 aromatic heterocycles. The van der Waals surface area contributed by atoms with E-state index in [-0.39, 0.29) is 11.5 Å². The highest BCUT2D eigenvalue weighted by Gasteiger charge is 2.31. The summed E-state index contributed by atoms with van der Waals surface area (Å²) in [5.41, 5.74) is 0.342. The predicted molar refractivity (Wildman–Crippen MR) is 100 cm³/mol. The Balaban J connectivity index is 2.08. The summed E-state index contributed by atoms with van der Waals surface area (Å²) in [6.45, 7) is 5.43. The van der Waals surface area contributed by atoms with Crippen molar-refractivity contribution >= 4 is 17.6 Å². The summed E-state index contributed by atoms with van der Waals surface area (Å²) >= 11 is 0. The standard InChI is InChI=1S/C21H22F3NO3/c1-4-13(2)17-10-5-6-11-18(17)25-19(26)14(3)28-20(27)15-8-7-9-16(12-15)21(22,23)24/h5-14H,4H2,1-3H3,(H,25,26)/t13-,14-/m1/s1. The average Bonchev–Trinajstić information content (AvgIpc) is 2.67. The van der Waals surface area contributed by atoms with Crippen LogP contribution >= 0.6 is 0 Å². The van der Waals surface area contributed by atoms with Crippen molar-refractivity contribution in [2.75, 3.05) is 5.32 Å². The number of esters is 1. The van der Waals surface area contributed by atoms with Gasteiger partial charge < -0.3 is 10.1 Å². The van der Waals surface area contributed by atoms with Crippen LogP contribution in [0.2, 0.25) is 0 Å². The number of alkyl halides is 3. The second-order valence-electron chi connectivity index (χ2n) is 6.51. The first kappa shape index (κ1) is 21.5. The van der Waals surface area contributed by atoms with Crippen molar-refractivity contribution in [3.8, 4) is 0 Å². The van der Waals surface area contributed by atoms with Crippen LogP contribution in [-0.2, 0) is 15.7 Å². The summed E-state index contributed by atoms with van der Waals surface area (Å²) in [7, 11) is 0. The molecule has 0 bridgehead atoms. The van der Waals surface area contributed by atoms with Crippen molar-refractivity contribution in [1.82, 2.24) is 0 Å². The lowest BCUT2D eigenvalue weighted by Crippen LogP contribution is -2.30. The molecule has 2 rings (SSSR count). The lowest BCUT2D eigenvalue weighted by atomic mass is 9.97. The number of nitrogens with one attached hydrogen (secondary N) is 1. The third kappa shape index (κ3) is 5.34. The zero-order valence-electron chi connectivity index (χ0n) is 15.8. The second kappa shape index (κ2) is 8.91. The van der Waals surface area contributed by atoms with Crippen molar-refractivity contribution < 1.29 is 27.5 Å². The van der Waals surface area contributed by atoms with Gasteiger partial charge in [0.1, 0.15) is 0 Å². The summed E-state index contributed by atoms with van der Waals surface area (Å²) < 4.78 is 43.4. The van der Waals surface area contributed by atoms with Crippen LogP contribution in [0, 0.1) is 0 Å². The second-order valence-corrected chi connectivity index (χ2v) is 6.51. The number of halogens is 3. The molecule has 0 aliphatic heterocycles. The van der Waals surface area contributed by atoms with Crippen LogP contribution in [0.3, 0.4) is 0 Å². The zero-order valence-corrected chi connectivity index (χ0v) is 15.8. The number of carbonyl (C=O) groups is 2. The Labute approximate surface area is 161 Å². The van der Waals surface area contributed by atoms with E-state index in [0.29, 0.717) is 11.8 Å². The van der Waals surface area contributed by atoms with E-state index < -0.39 is 29.7 Å². The lowest BCUT2D eigenvalue weighted by Gasteiger charge is -2.18. The quantitative estimate of drug-likeness (QED) is 0.669. The van der Waals surface area contributed by atoms with Gasteiger partial charge >= 0.3 is 12.1 Å². The summed E-state index contributed by atoms with van der Waals surface area (Å²) in [6, 6.07) is 11.2. The normalized spacial score (nSPS) is 13.5. The summed E-state index contributed by atoms with van der Waals surface area (Å²) in [5.74, 6) is -1.33. The molecule has 0 aliphatic rings. The fourth-order valence-electron chi connectivity index (χ4n) is 2.60. The number of amides is 1. The summed E-state index contributed by atoms with van der Waals surface area (Å²) in [5, 5.41) is 2.72. The van der Waals surface area contributed by atoms with Crippen molar-refractivity contribution in [3.63, 3.8) is 0 Å². The molecule has 0 radical (unpaired) electrons. The van der Waals surface area contributed by atoms with Gasteiger partial charge in [-0.15, -0.1) is 0 Å². The van der Waals surface area contributed by atoms with Gasteiger partial charge in [-0.1, -0.05) is 38.1 Å². The Morgan fingerprint density at radius 1 is 1.07 bits per heavy atom. The first-order valence-electron chi connectivity index (χ1n) is 8.91. The maximum absolute atomic E-state index is 12.8. The first-order valence-corrected chi connectivity index (χ1v) is 8.91. The van der Waals surface area contributed by atoms with E-state index in [9.17, 15) is 22.8 Å². The monoisotopic (exact) mass is 393 g/mol. The molecule has 150 valence electrons. The number of rotatable bonds is 6. The lowest BCUT2D eigenvalue weighted by molar-refractivity contribution is -0.137. The molecule has 0 unspecified atom stereocenters. The third-order valence-electron chi connectivity index (χ3n) is 4.44. The minimum Gasteiger partial charge on any atom is -0.449 e. The van der Waals surface area contributed by atoms with Gasteiger partial charge in [-0.25, -0.2) is 4.79 Å². The number of hydrogen-bond donors (Lipinski definition) is 1. The van der Waals surface area contributed by atoms with Crippen LogP contribution in [0.4, 0.5) is 18.9 Å². The molecule has 1 amide bonds. The molecule has 0 fully saturated rings. The van der Waals surface area contributed by atoms with Crippen LogP contribution in [0.25, 0.3) is 0 Å². The van der Waals surface area contributed by atoms with Gasteiger partial charge in [0.25, 0.3) is 5.91 Å². The molecule has 4 nitrogen and oxygen atoms in total. The highest BCUT2D eigenvalue weighted by Crippen LogP contribution is 2.30. The van der Waals surface area contributed by atoms with Gasteiger partial charge in [0.15, 0.2) is 6.10 Å². The van der Waals surface area contributed by atoms with Crippen molar-refractivity contribution in [3.05, 3.63) is 65.2 Å². The minimum atomic E-state index is -4.57. The molecular weight excluding hydrogens is 371 g/mol. The molecule has 1 N–H and O–H groups in total. The molecule has 2 aromatic carbocycles. The number of anilines is 1. The topological polar surface area (TPSA) is 55.4 Å². The SMILES string of the molecule is CC[C@@H](C)c1ccccc1NC(=O)[C@@H](C)OC(=O)c1cccc(C(F)(F)F)c1. The molecule has 0 aliphatic carbocycles. The molecule has 2 aromatic rings. The Morgan fingerprint density at radius 3 is 2.39 bits per heavy atom. The van der Waals surface area contributed by atoms with Gasteiger partial charge in [-0.3, -0.25) is 4.79 Å². The highest BCUT2D eigenvalue weighted by molar-refractivity contribution is 5.97. The Hall–Kier alpha value is -2.83. The van der Waals surface area contributed by atoms with E-state index in [2.05, 4.69) is 5.32 Å². The third-order valence-corrected chi connectivity index (χ3v) is 4.44. The Morgan fingerprint density at radius 2 is 1.75 bits per heavy atom. The van der Waals surface area contributed by atoms with E-state index in [4.69, 9.17) is 4.74 Å². The maximum Gasteiger partial charge on any atom is 0.416 e. The Kier molecular flexibility index (Phi) is 6.83. The summed E-state index contributed by atoms with van der Waals surface area (Å²) in [6.07, 6.45) is -4.86. The number of benzene rings is 2. The van der Waals surface area contributed by atoms with Gasteiger partial charge in [0.05, 0.1) is 11.1 Å². The molecule has 28 heavy (non-hydrogen) atoms. The van der Waals surface area contributed by atoms with Crippen LogP contribution in [0.1, 0.15) is 54.6 Å². The van der Waals surface area contributed by atoms with Gasteiger partial charge in [-0.2, -0.15) is 13.2 Å². The number of hydrogen-bond acceptors (Lipinski definition) is 3. The van der Waals surface area contributed by atoms with E-state index in [1.807, 2.05) is 26.0 Å². The average molecular weight is 393 g/mol. The van der Waals surface area contributed by atoms with E-state index in [0.717, 1.165) is 24.1 Å². The van der Waals surface area contributed by atoms with Crippen LogP contribution in [0.15, 0.2) is 48.5 Å². The van der Waals surface area contributed by atoms with Crippen LogP contribution < -0.4 is 5.32 Å². The van der Waals surface area contributed by atoms with Gasteiger partial charge in [-0.05, 0) is 49.1 Å². The molecule has 0 saturated carbocycles. The van der Waals surface area contributed by atoms with Crippen LogP contribution in [-0.4, -0.2) is 18.0 Å². The van der Waals surface area contributed by atoms with E-state index >= 15 is 0 Å². The molecule has 7 heteroatoms. The summed E-state index contributed by atoms with van der Waals surface area (Å²) in [4.78, 5) is 24.5. The van der Waals surface area contributed by atoms with E-state index in [1.54, 1.807) is 12.1 Å². The number of ether oxygens (including phenoxy) is 1. The zero-order chi connectivity index (χ0) is 20.9. The fraction of sp³-hybridized carbons (Fsp3) is 0.333. The Bertz CT molecular complexity index is 849. The van der Waals surface area contributed by atoms with Crippen molar-refractivity contribution in [2.45, 2.75) is 45.4 Å². The minimum absolute atomic E-state index is 0.222. The van der Waals surface area contributed by atoms with Crippen LogP contribution in [0.5, 0.6) is 0 Å². The van der Waals surface area contributed by atoms with Crippen molar-refractivity contribution in [1.29, 1.82) is 0 Å². The fourth-order valence-corrected chi connectivity index (χ4v) is 2.60. The van der Waals surface area contributed by atoms with E-state index in [1.165, 1.54) is 13.0 Å². The molecule has 0 spiro atoms. The predicted octanol–water partition coefficient (Wildman–Crippen LogP) is 5.40. The van der Waals surface area contributed by atoms with Gasteiger partial charge in [0.2, 0.25) is 0 Å². The highest BCUT2D eigenvalue weighted by atomic mass is 19.4.